The molecule has 0 bridgehead atoms. The molecule has 404 valence electrons. The van der Waals surface area contributed by atoms with Gasteiger partial charge in [-0.15, -0.1) is 11.5 Å². The van der Waals surface area contributed by atoms with Gasteiger partial charge in [-0.1, -0.05) is 245 Å². The van der Waals surface area contributed by atoms with E-state index in [0.29, 0.717) is 0 Å². The summed E-state index contributed by atoms with van der Waals surface area (Å²) < 4.78 is 0. The zero-order valence-electron chi connectivity index (χ0n) is 47.5. The van der Waals surface area contributed by atoms with Crippen LogP contribution in [-0.2, 0) is 29.3 Å². The Kier molecular flexibility index (Phi) is 41.5. The van der Waals surface area contributed by atoms with E-state index >= 15 is 0 Å². The fraction of sp³-hybridized carbons (Fsp3) is 0.697. The summed E-state index contributed by atoms with van der Waals surface area (Å²) in [4.78, 5) is 10.6. The minimum atomic E-state index is -0.347. The number of aliphatic imine (C=N–C) groups is 2. The Morgan fingerprint density at radius 1 is 0.324 bits per heavy atom. The van der Waals surface area contributed by atoms with Crippen LogP contribution in [0, 0.1) is 27.7 Å². The fourth-order valence-electron chi connectivity index (χ4n) is 9.65. The van der Waals surface area contributed by atoms with Crippen molar-refractivity contribution in [1.29, 1.82) is 0 Å². The van der Waals surface area contributed by atoms with Crippen LogP contribution in [0.15, 0.2) is 58.5 Å². The molecule has 0 saturated heterocycles. The summed E-state index contributed by atoms with van der Waals surface area (Å²) in [7, 11) is 0. The Bertz CT molecular complexity index is 1780. The Hall–Kier alpha value is -2.91. The molecule has 0 aromatic heterocycles. The van der Waals surface area contributed by atoms with Gasteiger partial charge >= 0.3 is 16.5 Å². The first-order chi connectivity index (χ1) is 34.1. The van der Waals surface area contributed by atoms with E-state index in [2.05, 4.69) is 91.8 Å². The molecule has 0 atom stereocenters. The fourth-order valence-corrected chi connectivity index (χ4v) is 9.65. The first-order valence-corrected chi connectivity index (χ1v) is 29.9. The van der Waals surface area contributed by atoms with Gasteiger partial charge < -0.3 is 10.2 Å². The van der Waals surface area contributed by atoms with Gasteiger partial charge in [0.25, 0.3) is 0 Å². The van der Waals surface area contributed by atoms with Gasteiger partial charge in [0.05, 0.1) is 22.8 Å². The van der Waals surface area contributed by atoms with Crippen molar-refractivity contribution in [3.63, 3.8) is 0 Å². The monoisotopic (exact) mass is 1020 g/mol. The Balaban J connectivity index is 0.00000111. The normalized spacial score (nSPS) is 11.7. The molecule has 5 heteroatoms. The number of unbranched alkanes of at least 4 members (excludes halogenated alkanes) is 30. The zero-order valence-corrected chi connectivity index (χ0v) is 48.5. The maximum absolute atomic E-state index is 11.4. The molecule has 3 rings (SSSR count). The maximum Gasteiger partial charge on any atom is 2.00 e. The van der Waals surface area contributed by atoms with Crippen molar-refractivity contribution in [3.8, 4) is 11.5 Å². The van der Waals surface area contributed by atoms with E-state index < -0.39 is 0 Å². The molecule has 0 saturated carbocycles. The van der Waals surface area contributed by atoms with E-state index in [1.54, 1.807) is 12.1 Å². The summed E-state index contributed by atoms with van der Waals surface area (Å²) in [6, 6.07) is 16.4. The first kappa shape index (κ1) is 66.1. The van der Waals surface area contributed by atoms with Crippen molar-refractivity contribution >= 4 is 22.8 Å². The van der Waals surface area contributed by atoms with Crippen molar-refractivity contribution in [3.05, 3.63) is 81.9 Å². The van der Waals surface area contributed by atoms with E-state index in [0.717, 1.165) is 61.0 Å². The molecule has 0 N–H and O–H groups in total. The minimum Gasteiger partial charge on any atom is -0.873 e. The first-order valence-electron chi connectivity index (χ1n) is 29.9. The second-order valence-corrected chi connectivity index (χ2v) is 21.3. The molecule has 0 amide bonds. The van der Waals surface area contributed by atoms with E-state index in [-0.39, 0.29) is 28.0 Å². The van der Waals surface area contributed by atoms with Gasteiger partial charge in [-0.05, 0) is 137 Å². The number of benzene rings is 3. The van der Waals surface area contributed by atoms with E-state index in [9.17, 15) is 10.2 Å². The van der Waals surface area contributed by atoms with Gasteiger partial charge in [0.1, 0.15) is 0 Å². The number of aryl methyl sites for hydroxylation is 6. The van der Waals surface area contributed by atoms with Crippen LogP contribution in [0.25, 0.3) is 0 Å². The molecule has 0 aliphatic carbocycles. The Morgan fingerprint density at radius 3 is 0.873 bits per heavy atom. The maximum atomic E-state index is 11.4. The number of hydrogen-bond donors (Lipinski definition) is 0. The standard InChI is InChI=1S/C50H84N2.C16H26O2.Ni/c1-7-9-11-12-13-14-15-16-17-18-19-20-21-22-23-24-25-26-27-28-29-30-31-32-34-36-50(52-48-40-38-44(4)46(6)42-48)49(35-33-10-8-2)51-47-39-37-43(3)45(5)41-47;1-3-5-7-9-13-11-15(17)16(18)12-14(13)10-8-6-4-2;/h37-42H,7-36H2,1-6H3;11-12,17-18H,3-10H2,1-2H3;/q;;+2/p-2. The van der Waals surface area contributed by atoms with Crippen LogP contribution in [-0.4, -0.2) is 11.4 Å². The summed E-state index contributed by atoms with van der Waals surface area (Å²) in [5.74, 6) is -0.693. The molecule has 71 heavy (non-hydrogen) atoms. The molecule has 3 aromatic rings. The van der Waals surface area contributed by atoms with Gasteiger partial charge in [-0.2, -0.15) is 0 Å². The predicted molar refractivity (Wildman–Crippen MR) is 308 cm³/mol. The molecule has 0 spiro atoms. The number of hydrogen-bond acceptors (Lipinski definition) is 4. The van der Waals surface area contributed by atoms with Crippen LogP contribution in [0.5, 0.6) is 11.5 Å². The van der Waals surface area contributed by atoms with Crippen LogP contribution in [0.3, 0.4) is 0 Å². The van der Waals surface area contributed by atoms with Crippen molar-refractivity contribution in [1.82, 2.24) is 0 Å². The SMILES string of the molecule is CCCCCCCCCCCCCCCCCCCCCCCCCCCC(=Nc1ccc(C)c(C)c1)C(CCCCC)=Nc1ccc(C)c(C)c1.CCCCCc1cc([O-])c([O-])cc1CCCCC.[Ni+2]. The van der Waals surface area contributed by atoms with Gasteiger partial charge in [0.2, 0.25) is 0 Å². The van der Waals surface area contributed by atoms with Gasteiger partial charge in [0.15, 0.2) is 0 Å². The Labute approximate surface area is 449 Å². The van der Waals surface area contributed by atoms with Crippen LogP contribution >= 0.6 is 0 Å². The summed E-state index contributed by atoms with van der Waals surface area (Å²) in [5, 5.41) is 22.9. The van der Waals surface area contributed by atoms with Crippen molar-refractivity contribution < 1.29 is 26.7 Å². The number of nitrogens with zero attached hydrogens (tertiary/aromatic N) is 2. The van der Waals surface area contributed by atoms with E-state index in [1.165, 1.54) is 239 Å². The molecule has 3 aromatic carbocycles. The van der Waals surface area contributed by atoms with Crippen molar-refractivity contribution in [2.24, 2.45) is 9.98 Å². The molecular weight excluding hydrogens is 911 g/mol. The van der Waals surface area contributed by atoms with E-state index in [1.807, 2.05) is 0 Å². The molecule has 0 aliphatic rings. The second kappa shape index (κ2) is 44.6. The zero-order chi connectivity index (χ0) is 50.9. The number of rotatable bonds is 41. The van der Waals surface area contributed by atoms with Crippen molar-refractivity contribution in [2.75, 3.05) is 0 Å². The molecule has 0 aliphatic heterocycles. The second-order valence-electron chi connectivity index (χ2n) is 21.3. The third-order valence-electron chi connectivity index (χ3n) is 14.7. The summed E-state index contributed by atoms with van der Waals surface area (Å²) in [6.45, 7) is 17.7. The summed E-state index contributed by atoms with van der Waals surface area (Å²) >= 11 is 0. The third-order valence-corrected chi connectivity index (χ3v) is 14.7. The van der Waals surface area contributed by atoms with Crippen LogP contribution < -0.4 is 10.2 Å². The topological polar surface area (TPSA) is 70.8 Å². The summed E-state index contributed by atoms with van der Waals surface area (Å²) in [6.07, 6.45) is 50.2. The van der Waals surface area contributed by atoms with Crippen LogP contribution in [0.2, 0.25) is 0 Å². The molecule has 4 nitrogen and oxygen atoms in total. The van der Waals surface area contributed by atoms with Gasteiger partial charge in [0, 0.05) is 0 Å². The van der Waals surface area contributed by atoms with Crippen LogP contribution in [0.1, 0.15) is 292 Å². The average Bonchev–Trinajstić information content (AvgIpc) is 3.35. The molecule has 0 fully saturated rings. The Morgan fingerprint density at radius 2 is 0.577 bits per heavy atom. The van der Waals surface area contributed by atoms with E-state index in [4.69, 9.17) is 9.98 Å². The van der Waals surface area contributed by atoms with Crippen molar-refractivity contribution in [2.45, 2.75) is 299 Å². The molecule has 0 heterocycles. The van der Waals surface area contributed by atoms with Crippen LogP contribution in [0.4, 0.5) is 11.4 Å². The predicted octanol–water partition coefficient (Wildman–Crippen LogP) is 20.8. The smallest absolute Gasteiger partial charge is 0.873 e. The van der Waals surface area contributed by atoms with Gasteiger partial charge in [-0.3, -0.25) is 9.98 Å². The third kappa shape index (κ3) is 32.8. The molecular formula is C66H108N2NiO2. The largest absolute Gasteiger partial charge is 2.00 e. The minimum absolute atomic E-state index is 0. The molecule has 0 radical (unpaired) electrons. The average molecular weight is 1020 g/mol. The summed E-state index contributed by atoms with van der Waals surface area (Å²) in [5.41, 5.74) is 12.0. The molecule has 0 unspecified atom stereocenters. The quantitative estimate of drug-likeness (QED) is 0.0323. The van der Waals surface area contributed by atoms with Gasteiger partial charge in [-0.25, -0.2) is 0 Å².